The number of rotatable bonds is 5. The molecule has 0 amide bonds. The molecule has 1 aromatic heterocycles. The highest BCUT2D eigenvalue weighted by Gasteiger charge is 2.09. The summed E-state index contributed by atoms with van der Waals surface area (Å²) in [5.41, 5.74) is 1.79. The Morgan fingerprint density at radius 3 is 2.94 bits per heavy atom. The Bertz CT molecular complexity index is 525. The summed E-state index contributed by atoms with van der Waals surface area (Å²) >= 11 is 6.14. The van der Waals surface area contributed by atoms with Gasteiger partial charge in [0.05, 0.1) is 5.69 Å². The van der Waals surface area contributed by atoms with Gasteiger partial charge in [-0.25, -0.2) is 0 Å². The summed E-state index contributed by atoms with van der Waals surface area (Å²) in [4.78, 5) is 0. The van der Waals surface area contributed by atoms with Gasteiger partial charge in [0.15, 0.2) is 5.76 Å². The van der Waals surface area contributed by atoms with Crippen LogP contribution in [0, 0.1) is 6.92 Å². The first kappa shape index (κ1) is 12.9. The maximum absolute atomic E-state index is 6.14. The number of halogens is 1. The molecule has 0 aliphatic heterocycles. The Labute approximate surface area is 111 Å². The van der Waals surface area contributed by atoms with Crippen LogP contribution in [-0.2, 0) is 13.2 Å². The third kappa shape index (κ3) is 3.03. The lowest BCUT2D eigenvalue weighted by Crippen LogP contribution is -2.08. The molecular weight excluding hydrogens is 252 g/mol. The largest absolute Gasteiger partial charge is 0.485 e. The molecule has 2 rings (SSSR count). The number of aromatic nitrogens is 1. The topological polar surface area (TPSA) is 47.3 Å². The molecule has 1 heterocycles. The maximum Gasteiger partial charge on any atom is 0.174 e. The molecule has 0 radical (unpaired) electrons. The number of aryl methyl sites for hydroxylation is 1. The van der Waals surface area contributed by atoms with Crippen LogP contribution < -0.4 is 10.1 Å². The fraction of sp³-hybridized carbons (Fsp3) is 0.308. The van der Waals surface area contributed by atoms with E-state index in [0.717, 1.165) is 17.0 Å². The summed E-state index contributed by atoms with van der Waals surface area (Å²) in [6.07, 6.45) is 0. The zero-order valence-electron chi connectivity index (χ0n) is 10.4. The van der Waals surface area contributed by atoms with Crippen molar-refractivity contribution in [1.29, 1.82) is 0 Å². The van der Waals surface area contributed by atoms with E-state index in [2.05, 4.69) is 10.5 Å². The summed E-state index contributed by atoms with van der Waals surface area (Å²) in [6, 6.07) is 7.45. The van der Waals surface area contributed by atoms with Crippen LogP contribution in [0.5, 0.6) is 5.75 Å². The first-order valence-corrected chi connectivity index (χ1v) is 6.05. The highest BCUT2D eigenvalue weighted by atomic mass is 35.5. The van der Waals surface area contributed by atoms with E-state index in [1.165, 1.54) is 0 Å². The Hall–Kier alpha value is -1.52. The van der Waals surface area contributed by atoms with Gasteiger partial charge in [-0.15, -0.1) is 0 Å². The number of nitrogens with zero attached hydrogens (tertiary/aromatic N) is 1. The van der Waals surface area contributed by atoms with E-state index < -0.39 is 0 Å². The van der Waals surface area contributed by atoms with Gasteiger partial charge in [-0.2, -0.15) is 0 Å². The van der Waals surface area contributed by atoms with Crippen molar-refractivity contribution in [2.45, 2.75) is 20.1 Å². The summed E-state index contributed by atoms with van der Waals surface area (Å²) in [5, 5.41) is 7.57. The van der Waals surface area contributed by atoms with Gasteiger partial charge in [-0.05, 0) is 26.1 Å². The van der Waals surface area contributed by atoms with Crippen molar-refractivity contribution in [3.8, 4) is 5.75 Å². The van der Waals surface area contributed by atoms with Gasteiger partial charge in [0.1, 0.15) is 12.4 Å². The van der Waals surface area contributed by atoms with Crippen molar-refractivity contribution in [3.05, 3.63) is 46.3 Å². The Kier molecular flexibility index (Phi) is 4.23. The molecule has 0 spiro atoms. The van der Waals surface area contributed by atoms with Gasteiger partial charge in [0.25, 0.3) is 0 Å². The predicted octanol–water partition coefficient (Wildman–Crippen LogP) is 2.93. The van der Waals surface area contributed by atoms with E-state index in [9.17, 15) is 0 Å². The Morgan fingerprint density at radius 2 is 2.28 bits per heavy atom. The average Bonchev–Trinajstić information content (AvgIpc) is 2.76. The third-order valence-electron chi connectivity index (χ3n) is 2.48. The fourth-order valence-electron chi connectivity index (χ4n) is 1.66. The second-order valence-corrected chi connectivity index (χ2v) is 4.38. The van der Waals surface area contributed by atoms with E-state index in [1.54, 1.807) is 0 Å². The molecule has 2 aromatic rings. The molecule has 0 aliphatic rings. The number of hydrogen-bond acceptors (Lipinski definition) is 4. The van der Waals surface area contributed by atoms with Crippen molar-refractivity contribution < 1.29 is 9.26 Å². The van der Waals surface area contributed by atoms with Crippen LogP contribution >= 0.6 is 11.6 Å². The summed E-state index contributed by atoms with van der Waals surface area (Å²) in [6.45, 7) is 2.88. The van der Waals surface area contributed by atoms with Crippen LogP contribution in [0.1, 0.15) is 17.0 Å². The second kappa shape index (κ2) is 5.89. The van der Waals surface area contributed by atoms with E-state index in [0.29, 0.717) is 23.9 Å². The van der Waals surface area contributed by atoms with E-state index >= 15 is 0 Å². The molecule has 0 bridgehead atoms. The molecule has 0 fully saturated rings. The lowest BCUT2D eigenvalue weighted by Gasteiger charge is -2.11. The summed E-state index contributed by atoms with van der Waals surface area (Å²) in [5.74, 6) is 1.45. The number of nitrogens with one attached hydrogen (secondary N) is 1. The smallest absolute Gasteiger partial charge is 0.174 e. The van der Waals surface area contributed by atoms with Crippen LogP contribution in [0.25, 0.3) is 0 Å². The quantitative estimate of drug-likeness (QED) is 0.904. The van der Waals surface area contributed by atoms with E-state index in [4.69, 9.17) is 20.9 Å². The molecule has 0 saturated heterocycles. The minimum absolute atomic E-state index is 0.345. The third-order valence-corrected chi connectivity index (χ3v) is 2.83. The lowest BCUT2D eigenvalue weighted by molar-refractivity contribution is 0.246. The van der Waals surface area contributed by atoms with Gasteiger partial charge in [0.2, 0.25) is 0 Å². The monoisotopic (exact) mass is 266 g/mol. The summed E-state index contributed by atoms with van der Waals surface area (Å²) < 4.78 is 10.8. The molecule has 18 heavy (non-hydrogen) atoms. The van der Waals surface area contributed by atoms with Crippen molar-refractivity contribution in [2.24, 2.45) is 0 Å². The standard InChI is InChI=1S/C13H15ClN2O2/c1-9-6-10(18-16-9)8-17-13-5-3-4-12(14)11(13)7-15-2/h3-6,15H,7-8H2,1-2H3. The molecular formula is C13H15ClN2O2. The van der Waals surface area contributed by atoms with Gasteiger partial charge in [-0.3, -0.25) is 0 Å². The first-order valence-electron chi connectivity index (χ1n) is 5.67. The van der Waals surface area contributed by atoms with Crippen LogP contribution in [0.3, 0.4) is 0 Å². The van der Waals surface area contributed by atoms with Crippen molar-refractivity contribution in [1.82, 2.24) is 10.5 Å². The molecule has 0 atom stereocenters. The maximum atomic E-state index is 6.14. The van der Waals surface area contributed by atoms with Gasteiger partial charge in [-0.1, -0.05) is 22.8 Å². The van der Waals surface area contributed by atoms with E-state index in [1.807, 2.05) is 38.2 Å². The molecule has 1 N–H and O–H groups in total. The number of hydrogen-bond donors (Lipinski definition) is 1. The predicted molar refractivity (Wildman–Crippen MR) is 69.8 cm³/mol. The fourth-order valence-corrected chi connectivity index (χ4v) is 1.89. The van der Waals surface area contributed by atoms with Crippen LogP contribution in [0.15, 0.2) is 28.8 Å². The second-order valence-electron chi connectivity index (χ2n) is 3.97. The minimum Gasteiger partial charge on any atom is -0.485 e. The molecule has 1 aromatic carbocycles. The van der Waals surface area contributed by atoms with Gasteiger partial charge >= 0.3 is 0 Å². The highest BCUT2D eigenvalue weighted by Crippen LogP contribution is 2.27. The van der Waals surface area contributed by atoms with Crippen LogP contribution in [0.2, 0.25) is 5.02 Å². The SMILES string of the molecule is CNCc1c(Cl)cccc1OCc1cc(C)no1. The zero-order valence-corrected chi connectivity index (χ0v) is 11.1. The molecule has 0 aliphatic carbocycles. The normalized spacial score (nSPS) is 10.6. The van der Waals surface area contributed by atoms with Crippen molar-refractivity contribution >= 4 is 11.6 Å². The van der Waals surface area contributed by atoms with Gasteiger partial charge < -0.3 is 14.6 Å². The Balaban J connectivity index is 2.11. The number of ether oxygens (including phenoxy) is 1. The van der Waals surface area contributed by atoms with Gasteiger partial charge in [0, 0.05) is 23.2 Å². The average molecular weight is 267 g/mol. The lowest BCUT2D eigenvalue weighted by atomic mass is 10.2. The molecule has 0 unspecified atom stereocenters. The molecule has 5 heteroatoms. The van der Waals surface area contributed by atoms with E-state index in [-0.39, 0.29) is 0 Å². The van der Waals surface area contributed by atoms with Crippen molar-refractivity contribution in [2.75, 3.05) is 7.05 Å². The summed E-state index contributed by atoms with van der Waals surface area (Å²) in [7, 11) is 1.87. The minimum atomic E-state index is 0.345. The number of benzene rings is 1. The van der Waals surface area contributed by atoms with Crippen molar-refractivity contribution in [3.63, 3.8) is 0 Å². The highest BCUT2D eigenvalue weighted by molar-refractivity contribution is 6.31. The molecule has 96 valence electrons. The first-order chi connectivity index (χ1) is 8.70. The zero-order chi connectivity index (χ0) is 13.0. The van der Waals surface area contributed by atoms with Crippen LogP contribution in [0.4, 0.5) is 0 Å². The molecule has 0 saturated carbocycles. The van der Waals surface area contributed by atoms with Crippen LogP contribution in [-0.4, -0.2) is 12.2 Å². The molecule has 4 nitrogen and oxygen atoms in total. The Morgan fingerprint density at radius 1 is 1.44 bits per heavy atom.